The molecule has 27 heavy (non-hydrogen) atoms. The Labute approximate surface area is 164 Å². The van der Waals surface area contributed by atoms with Crippen molar-refractivity contribution in [3.8, 4) is 11.3 Å². The van der Waals surface area contributed by atoms with Gasteiger partial charge in [0.1, 0.15) is 5.69 Å². The number of nitrogens with two attached hydrogens (primary N) is 1. The Balaban J connectivity index is 0.00000210. The number of pyridine rings is 1. The second kappa shape index (κ2) is 8.33. The summed E-state index contributed by atoms with van der Waals surface area (Å²) in [5, 5.41) is 5.32. The molecule has 0 saturated carbocycles. The Morgan fingerprint density at radius 1 is 0.963 bits per heavy atom. The van der Waals surface area contributed by atoms with Crippen molar-refractivity contribution in [3.63, 3.8) is 0 Å². The van der Waals surface area contributed by atoms with E-state index in [2.05, 4.69) is 29.2 Å². The Morgan fingerprint density at radius 3 is 2.48 bits per heavy atom. The van der Waals surface area contributed by atoms with Gasteiger partial charge in [0.15, 0.2) is 5.58 Å². The first-order chi connectivity index (χ1) is 12.8. The van der Waals surface area contributed by atoms with Gasteiger partial charge in [-0.2, -0.15) is 0 Å². The van der Waals surface area contributed by atoms with E-state index in [-0.39, 0.29) is 24.4 Å². The highest BCUT2D eigenvalue weighted by Gasteiger charge is 2.24. The fraction of sp³-hybridized carbons (Fsp3) is 0.182. The molecule has 2 aromatic heterocycles. The number of para-hydroxylation sites is 1. The molecule has 0 aliphatic carbocycles. The molecular formula is C22H22ClN3O. The van der Waals surface area contributed by atoms with E-state index in [0.29, 0.717) is 0 Å². The number of aromatic nitrogens is 2. The quantitative estimate of drug-likeness (QED) is 0.496. The molecule has 4 rings (SSSR count). The molecule has 4 aromatic rings. The lowest BCUT2D eigenvalue weighted by Gasteiger charge is -2.24. The molecule has 0 radical (unpaired) electrons. The fourth-order valence-corrected chi connectivity index (χ4v) is 3.54. The molecule has 0 aliphatic heterocycles. The first kappa shape index (κ1) is 19.1. The van der Waals surface area contributed by atoms with Gasteiger partial charge in [-0.05, 0) is 36.2 Å². The van der Waals surface area contributed by atoms with Crippen LogP contribution in [0.3, 0.4) is 0 Å². The maximum Gasteiger partial charge on any atom is 0.167 e. The van der Waals surface area contributed by atoms with Crippen molar-refractivity contribution in [1.29, 1.82) is 0 Å². The first-order valence-electron chi connectivity index (χ1n) is 8.89. The molecule has 2 N–H and O–H groups in total. The highest BCUT2D eigenvalue weighted by atomic mass is 35.5. The summed E-state index contributed by atoms with van der Waals surface area (Å²) in [5.74, 6) is 0.135. The molecule has 0 bridgehead atoms. The third kappa shape index (κ3) is 3.59. The highest BCUT2D eigenvalue weighted by molar-refractivity contribution is 5.92. The van der Waals surface area contributed by atoms with Gasteiger partial charge in [0, 0.05) is 34.8 Å². The summed E-state index contributed by atoms with van der Waals surface area (Å²) < 4.78 is 5.51. The van der Waals surface area contributed by atoms with Crippen LogP contribution in [-0.2, 0) is 0 Å². The Bertz CT molecular complexity index is 1020. The van der Waals surface area contributed by atoms with Crippen LogP contribution in [0.4, 0.5) is 0 Å². The second-order valence-corrected chi connectivity index (χ2v) is 6.41. The topological polar surface area (TPSA) is 64.9 Å². The van der Waals surface area contributed by atoms with Gasteiger partial charge in [-0.1, -0.05) is 54.5 Å². The molecular weight excluding hydrogens is 358 g/mol. The standard InChI is InChI=1S/C22H21N3O.ClH/c1-2-15(19-12-7-8-14-24-19)21(23)16-9-3-4-10-17(16)22-18-11-5-6-13-20(18)26-25-22;/h3-15,21H,2,23H2,1H3;1H. The first-order valence-corrected chi connectivity index (χ1v) is 8.89. The van der Waals surface area contributed by atoms with Crippen LogP contribution in [0.25, 0.3) is 22.2 Å². The molecule has 0 amide bonds. The van der Waals surface area contributed by atoms with Crippen LogP contribution in [0.5, 0.6) is 0 Å². The van der Waals surface area contributed by atoms with Crippen LogP contribution >= 0.6 is 12.4 Å². The third-order valence-electron chi connectivity index (χ3n) is 4.89. The van der Waals surface area contributed by atoms with E-state index in [1.807, 2.05) is 60.8 Å². The van der Waals surface area contributed by atoms with E-state index >= 15 is 0 Å². The van der Waals surface area contributed by atoms with Crippen molar-refractivity contribution >= 4 is 23.4 Å². The van der Waals surface area contributed by atoms with E-state index < -0.39 is 0 Å². The molecule has 0 fully saturated rings. The van der Waals surface area contributed by atoms with E-state index in [9.17, 15) is 0 Å². The molecule has 0 aliphatic rings. The summed E-state index contributed by atoms with van der Waals surface area (Å²) >= 11 is 0. The fourth-order valence-electron chi connectivity index (χ4n) is 3.54. The molecule has 4 nitrogen and oxygen atoms in total. The van der Waals surface area contributed by atoms with Gasteiger partial charge in [0.25, 0.3) is 0 Å². The number of benzene rings is 2. The highest BCUT2D eigenvalue weighted by Crippen LogP contribution is 2.37. The molecule has 0 saturated heterocycles. The Kier molecular flexibility index (Phi) is 5.89. The number of nitrogens with zero attached hydrogens (tertiary/aromatic N) is 2. The van der Waals surface area contributed by atoms with Crippen molar-refractivity contribution in [3.05, 3.63) is 84.2 Å². The summed E-state index contributed by atoms with van der Waals surface area (Å²) in [6, 6.07) is 21.9. The van der Waals surface area contributed by atoms with Crippen LogP contribution in [-0.4, -0.2) is 10.1 Å². The summed E-state index contributed by atoms with van der Waals surface area (Å²) in [6.45, 7) is 2.15. The predicted octanol–water partition coefficient (Wildman–Crippen LogP) is 5.51. The van der Waals surface area contributed by atoms with E-state index in [1.54, 1.807) is 0 Å². The average molecular weight is 380 g/mol. The van der Waals surface area contributed by atoms with E-state index in [1.165, 1.54) is 0 Å². The lowest BCUT2D eigenvalue weighted by atomic mass is 9.85. The number of hydrogen-bond donors (Lipinski definition) is 1. The predicted molar refractivity (Wildman–Crippen MR) is 111 cm³/mol. The molecule has 0 spiro atoms. The minimum atomic E-state index is -0.179. The number of fused-ring (bicyclic) bond motifs is 1. The van der Waals surface area contributed by atoms with Crippen LogP contribution < -0.4 is 5.73 Å². The smallest absolute Gasteiger partial charge is 0.167 e. The number of halogens is 1. The number of rotatable bonds is 5. The lowest BCUT2D eigenvalue weighted by Crippen LogP contribution is -2.21. The SMILES string of the molecule is CCC(c1ccccn1)C(N)c1ccccc1-c1noc2ccccc12.Cl. The van der Waals surface area contributed by atoms with Crippen LogP contribution in [0.1, 0.15) is 36.6 Å². The van der Waals surface area contributed by atoms with Crippen LogP contribution in [0, 0.1) is 0 Å². The molecule has 2 heterocycles. The molecule has 2 unspecified atom stereocenters. The van der Waals surface area contributed by atoms with Gasteiger partial charge < -0.3 is 10.3 Å². The van der Waals surface area contributed by atoms with Crippen molar-refractivity contribution in [2.45, 2.75) is 25.3 Å². The molecule has 138 valence electrons. The number of hydrogen-bond acceptors (Lipinski definition) is 4. The molecule has 2 atom stereocenters. The third-order valence-corrected chi connectivity index (χ3v) is 4.89. The second-order valence-electron chi connectivity index (χ2n) is 6.41. The normalized spacial score (nSPS) is 13.1. The molecule has 2 aromatic carbocycles. The maximum absolute atomic E-state index is 6.73. The van der Waals surface area contributed by atoms with Gasteiger partial charge in [-0.25, -0.2) is 0 Å². The van der Waals surface area contributed by atoms with Crippen molar-refractivity contribution < 1.29 is 4.52 Å². The van der Waals surface area contributed by atoms with Gasteiger partial charge in [-0.3, -0.25) is 4.98 Å². The monoisotopic (exact) mass is 379 g/mol. The van der Waals surface area contributed by atoms with Gasteiger partial charge in [0.05, 0.1) is 0 Å². The van der Waals surface area contributed by atoms with E-state index in [4.69, 9.17) is 10.3 Å². The zero-order valence-electron chi connectivity index (χ0n) is 15.1. The summed E-state index contributed by atoms with van der Waals surface area (Å²) in [4.78, 5) is 4.52. The Morgan fingerprint density at radius 2 is 1.70 bits per heavy atom. The largest absolute Gasteiger partial charge is 0.356 e. The van der Waals surface area contributed by atoms with Gasteiger partial charge in [-0.15, -0.1) is 12.4 Å². The summed E-state index contributed by atoms with van der Waals surface area (Å²) in [6.07, 6.45) is 2.73. The lowest BCUT2D eigenvalue weighted by molar-refractivity contribution is 0.459. The van der Waals surface area contributed by atoms with Gasteiger partial charge >= 0.3 is 0 Å². The summed E-state index contributed by atoms with van der Waals surface area (Å²) in [5.41, 5.74) is 11.4. The zero-order valence-corrected chi connectivity index (χ0v) is 15.9. The van der Waals surface area contributed by atoms with Crippen LogP contribution in [0.2, 0.25) is 0 Å². The van der Waals surface area contributed by atoms with E-state index in [0.717, 1.165) is 39.9 Å². The summed E-state index contributed by atoms with van der Waals surface area (Å²) in [7, 11) is 0. The zero-order chi connectivity index (χ0) is 17.9. The van der Waals surface area contributed by atoms with Crippen LogP contribution in [0.15, 0.2) is 77.4 Å². The van der Waals surface area contributed by atoms with Crippen molar-refractivity contribution in [2.75, 3.05) is 0 Å². The minimum absolute atomic E-state index is 0. The maximum atomic E-state index is 6.73. The molecule has 5 heteroatoms. The van der Waals surface area contributed by atoms with Gasteiger partial charge in [0.2, 0.25) is 0 Å². The average Bonchev–Trinajstić information content (AvgIpc) is 3.13. The van der Waals surface area contributed by atoms with Crippen molar-refractivity contribution in [2.24, 2.45) is 5.73 Å². The van der Waals surface area contributed by atoms with Crippen molar-refractivity contribution in [1.82, 2.24) is 10.1 Å². The minimum Gasteiger partial charge on any atom is -0.356 e. The Hall–Kier alpha value is -2.69.